The molecule has 1 spiro atoms. The standard InChI is InChI=1S/C18H26N2O3/c1-17(2,3)23-16(21)20-10-8-18(9-11-20)12-22-14-7-5-6-13(19-4)15(14)18/h5-7,19H,8-12H2,1-4H3. The number of amides is 1. The Morgan fingerprint density at radius 3 is 2.61 bits per heavy atom. The third kappa shape index (κ3) is 2.96. The van der Waals surface area contributed by atoms with Crippen LogP contribution in [0, 0.1) is 0 Å². The second-order valence-corrected chi connectivity index (χ2v) is 7.47. The molecule has 126 valence electrons. The van der Waals surface area contributed by atoms with Crippen molar-refractivity contribution in [1.82, 2.24) is 4.90 Å². The van der Waals surface area contributed by atoms with Crippen molar-refractivity contribution >= 4 is 11.8 Å². The number of hydrogen-bond acceptors (Lipinski definition) is 4. The molecular weight excluding hydrogens is 292 g/mol. The Morgan fingerprint density at radius 1 is 1.30 bits per heavy atom. The summed E-state index contributed by atoms with van der Waals surface area (Å²) < 4.78 is 11.4. The molecule has 2 aliphatic heterocycles. The van der Waals surface area contributed by atoms with Crippen LogP contribution in [0.2, 0.25) is 0 Å². The molecule has 1 amide bonds. The Hall–Kier alpha value is -1.91. The van der Waals surface area contributed by atoms with E-state index in [2.05, 4.69) is 11.4 Å². The van der Waals surface area contributed by atoms with E-state index in [1.807, 2.05) is 44.9 Å². The number of piperidine rings is 1. The summed E-state index contributed by atoms with van der Waals surface area (Å²) in [7, 11) is 1.94. The molecule has 0 aliphatic carbocycles. The summed E-state index contributed by atoms with van der Waals surface area (Å²) in [4.78, 5) is 14.1. The van der Waals surface area contributed by atoms with Crippen LogP contribution in [-0.4, -0.2) is 43.3 Å². The van der Waals surface area contributed by atoms with Crippen molar-refractivity contribution in [2.45, 2.75) is 44.6 Å². The third-order valence-electron chi connectivity index (χ3n) is 4.70. The van der Waals surface area contributed by atoms with Crippen molar-refractivity contribution in [2.75, 3.05) is 32.1 Å². The molecule has 2 heterocycles. The highest BCUT2D eigenvalue weighted by molar-refractivity contribution is 5.69. The molecule has 0 radical (unpaired) electrons. The first-order valence-electron chi connectivity index (χ1n) is 8.27. The fraction of sp³-hybridized carbons (Fsp3) is 0.611. The van der Waals surface area contributed by atoms with E-state index < -0.39 is 5.60 Å². The number of ether oxygens (including phenoxy) is 2. The van der Waals surface area contributed by atoms with E-state index >= 15 is 0 Å². The van der Waals surface area contributed by atoms with Crippen LogP contribution in [0.3, 0.4) is 0 Å². The van der Waals surface area contributed by atoms with Crippen molar-refractivity contribution in [3.8, 4) is 5.75 Å². The van der Waals surface area contributed by atoms with E-state index in [0.29, 0.717) is 19.7 Å². The van der Waals surface area contributed by atoms with E-state index in [-0.39, 0.29) is 11.5 Å². The van der Waals surface area contributed by atoms with Crippen molar-refractivity contribution in [2.24, 2.45) is 0 Å². The van der Waals surface area contributed by atoms with Crippen LogP contribution in [0.5, 0.6) is 5.75 Å². The Kier molecular flexibility index (Phi) is 3.90. The first kappa shape index (κ1) is 16.0. The quantitative estimate of drug-likeness (QED) is 0.862. The summed E-state index contributed by atoms with van der Waals surface area (Å²) in [5, 5.41) is 3.28. The van der Waals surface area contributed by atoms with Crippen LogP contribution in [0.15, 0.2) is 18.2 Å². The predicted octanol–water partition coefficient (Wildman–Crippen LogP) is 3.39. The average Bonchev–Trinajstić information content (AvgIpc) is 2.85. The molecule has 3 rings (SSSR count). The highest BCUT2D eigenvalue weighted by atomic mass is 16.6. The van der Waals surface area contributed by atoms with Crippen LogP contribution in [0.1, 0.15) is 39.2 Å². The number of nitrogens with one attached hydrogen (secondary N) is 1. The third-order valence-corrected chi connectivity index (χ3v) is 4.70. The zero-order valence-corrected chi connectivity index (χ0v) is 14.4. The van der Waals surface area contributed by atoms with Gasteiger partial charge < -0.3 is 19.7 Å². The van der Waals surface area contributed by atoms with Crippen LogP contribution in [0.4, 0.5) is 10.5 Å². The maximum atomic E-state index is 12.2. The second kappa shape index (κ2) is 5.62. The zero-order chi connectivity index (χ0) is 16.7. The molecule has 1 fully saturated rings. The van der Waals surface area contributed by atoms with Gasteiger partial charge in [0, 0.05) is 36.8 Å². The smallest absolute Gasteiger partial charge is 0.410 e. The van der Waals surface area contributed by atoms with Gasteiger partial charge in [0.05, 0.1) is 6.61 Å². The Bertz CT molecular complexity index is 599. The molecule has 5 heteroatoms. The number of carbonyl (C=O) groups excluding carboxylic acids is 1. The largest absolute Gasteiger partial charge is 0.492 e. The molecule has 2 aliphatic rings. The van der Waals surface area contributed by atoms with Gasteiger partial charge in [0.15, 0.2) is 0 Å². The SMILES string of the molecule is CNc1cccc2c1C1(CCN(C(=O)OC(C)(C)C)CC1)CO2. The lowest BCUT2D eigenvalue weighted by Crippen LogP contribution is -2.47. The summed E-state index contributed by atoms with van der Waals surface area (Å²) in [6.07, 6.45) is 1.59. The Balaban J connectivity index is 1.75. The second-order valence-electron chi connectivity index (χ2n) is 7.47. The molecule has 23 heavy (non-hydrogen) atoms. The van der Waals surface area contributed by atoms with Crippen molar-refractivity contribution < 1.29 is 14.3 Å². The summed E-state index contributed by atoms with van der Waals surface area (Å²) in [5.74, 6) is 0.975. The van der Waals surface area contributed by atoms with Gasteiger partial charge in [0.1, 0.15) is 11.4 Å². The minimum Gasteiger partial charge on any atom is -0.492 e. The normalized spacial score (nSPS) is 19.2. The molecule has 0 bridgehead atoms. The molecule has 0 unspecified atom stereocenters. The topological polar surface area (TPSA) is 50.8 Å². The highest BCUT2D eigenvalue weighted by Gasteiger charge is 2.45. The van der Waals surface area contributed by atoms with Gasteiger partial charge in [-0.2, -0.15) is 0 Å². The molecular formula is C18H26N2O3. The number of rotatable bonds is 1. The summed E-state index contributed by atoms with van der Waals surface area (Å²) in [5.41, 5.74) is 1.96. The summed E-state index contributed by atoms with van der Waals surface area (Å²) in [6.45, 7) is 7.80. The fourth-order valence-electron chi connectivity index (χ4n) is 3.53. The zero-order valence-electron chi connectivity index (χ0n) is 14.4. The van der Waals surface area contributed by atoms with Gasteiger partial charge >= 0.3 is 6.09 Å². The van der Waals surface area contributed by atoms with Crippen molar-refractivity contribution in [1.29, 1.82) is 0 Å². The lowest BCUT2D eigenvalue weighted by Gasteiger charge is -2.39. The van der Waals surface area contributed by atoms with Gasteiger partial charge in [0.2, 0.25) is 0 Å². The molecule has 1 N–H and O–H groups in total. The van der Waals surface area contributed by atoms with Crippen LogP contribution in [0.25, 0.3) is 0 Å². The molecule has 1 saturated heterocycles. The average molecular weight is 318 g/mol. The minimum atomic E-state index is -0.450. The Labute approximate surface area is 137 Å². The van der Waals surface area contributed by atoms with E-state index in [4.69, 9.17) is 9.47 Å². The van der Waals surface area contributed by atoms with Gasteiger partial charge in [-0.15, -0.1) is 0 Å². The van der Waals surface area contributed by atoms with Crippen molar-refractivity contribution in [3.05, 3.63) is 23.8 Å². The van der Waals surface area contributed by atoms with Crippen LogP contribution >= 0.6 is 0 Å². The Morgan fingerprint density at radius 2 is 2.00 bits per heavy atom. The first-order valence-corrected chi connectivity index (χ1v) is 8.27. The number of likely N-dealkylation sites (tertiary alicyclic amines) is 1. The molecule has 1 aromatic rings. The van der Waals surface area contributed by atoms with E-state index in [1.54, 1.807) is 0 Å². The lowest BCUT2D eigenvalue weighted by atomic mass is 9.73. The monoisotopic (exact) mass is 318 g/mol. The van der Waals surface area contributed by atoms with Crippen LogP contribution < -0.4 is 10.1 Å². The number of nitrogens with zero attached hydrogens (tertiary/aromatic N) is 1. The number of benzene rings is 1. The van der Waals surface area contributed by atoms with Crippen LogP contribution in [-0.2, 0) is 10.2 Å². The number of fused-ring (bicyclic) bond motifs is 2. The maximum absolute atomic E-state index is 12.2. The fourth-order valence-corrected chi connectivity index (χ4v) is 3.53. The summed E-state index contributed by atoms with van der Waals surface area (Å²) in [6, 6.07) is 6.14. The molecule has 1 aromatic carbocycles. The van der Waals surface area contributed by atoms with Gasteiger partial charge in [-0.25, -0.2) is 4.79 Å². The maximum Gasteiger partial charge on any atom is 0.410 e. The molecule has 0 aromatic heterocycles. The van der Waals surface area contributed by atoms with Gasteiger partial charge in [-0.05, 0) is 45.7 Å². The van der Waals surface area contributed by atoms with E-state index in [0.717, 1.165) is 24.3 Å². The highest BCUT2D eigenvalue weighted by Crippen LogP contribution is 2.48. The number of hydrogen-bond donors (Lipinski definition) is 1. The van der Waals surface area contributed by atoms with Crippen molar-refractivity contribution in [3.63, 3.8) is 0 Å². The lowest BCUT2D eigenvalue weighted by molar-refractivity contribution is 0.0153. The van der Waals surface area contributed by atoms with Gasteiger partial charge in [-0.3, -0.25) is 0 Å². The summed E-state index contributed by atoms with van der Waals surface area (Å²) >= 11 is 0. The predicted molar refractivity (Wildman–Crippen MR) is 90.2 cm³/mol. The molecule has 5 nitrogen and oxygen atoms in total. The first-order chi connectivity index (χ1) is 10.8. The number of carbonyl (C=O) groups is 1. The van der Waals surface area contributed by atoms with E-state index in [9.17, 15) is 4.79 Å². The molecule has 0 saturated carbocycles. The minimum absolute atomic E-state index is 0.00739. The molecule has 0 atom stereocenters. The number of anilines is 1. The van der Waals surface area contributed by atoms with Gasteiger partial charge in [0.25, 0.3) is 0 Å². The van der Waals surface area contributed by atoms with Gasteiger partial charge in [-0.1, -0.05) is 6.07 Å². The van der Waals surface area contributed by atoms with E-state index in [1.165, 1.54) is 5.56 Å².